The fraction of sp³-hybridized carbons (Fsp3) is 0.429. The van der Waals surface area contributed by atoms with Gasteiger partial charge in [-0.1, -0.05) is 12.1 Å². The molecule has 1 fully saturated rings. The van der Waals surface area contributed by atoms with E-state index in [2.05, 4.69) is 0 Å². The lowest BCUT2D eigenvalue weighted by atomic mass is 10.0. The Kier molecular flexibility index (Phi) is 2.48. The summed E-state index contributed by atoms with van der Waals surface area (Å²) in [5.74, 6) is -0.389. The molecule has 0 unspecified atom stereocenters. The smallest absolute Gasteiger partial charge is 0.261 e. The molecular weight excluding hydrogens is 230 g/mol. The van der Waals surface area contributed by atoms with Crippen molar-refractivity contribution in [1.82, 2.24) is 4.90 Å². The first-order chi connectivity index (χ1) is 8.67. The zero-order chi connectivity index (χ0) is 12.8. The van der Waals surface area contributed by atoms with E-state index in [1.54, 1.807) is 24.3 Å². The van der Waals surface area contributed by atoms with Gasteiger partial charge in [0.2, 0.25) is 0 Å². The average Bonchev–Trinajstić information content (AvgIpc) is 3.10. The molecule has 0 atom stereocenters. The number of aliphatic hydroxyl groups is 1. The van der Waals surface area contributed by atoms with Gasteiger partial charge >= 0.3 is 0 Å². The van der Waals surface area contributed by atoms with Crippen LogP contribution in [0, 0.1) is 5.41 Å². The molecule has 0 spiro atoms. The van der Waals surface area contributed by atoms with Crippen molar-refractivity contribution in [1.29, 1.82) is 0 Å². The molecule has 18 heavy (non-hydrogen) atoms. The number of benzene rings is 1. The van der Waals surface area contributed by atoms with Gasteiger partial charge in [-0.25, -0.2) is 0 Å². The topological polar surface area (TPSA) is 57.6 Å². The van der Waals surface area contributed by atoms with Crippen LogP contribution in [0.4, 0.5) is 0 Å². The van der Waals surface area contributed by atoms with E-state index < -0.39 is 0 Å². The molecule has 1 N–H and O–H groups in total. The Morgan fingerprint density at radius 3 is 2.11 bits per heavy atom. The van der Waals surface area contributed by atoms with E-state index in [0.717, 1.165) is 12.8 Å². The highest BCUT2D eigenvalue weighted by molar-refractivity contribution is 6.21. The van der Waals surface area contributed by atoms with Crippen LogP contribution in [-0.4, -0.2) is 35.0 Å². The minimum atomic E-state index is -0.195. The number of imide groups is 1. The summed E-state index contributed by atoms with van der Waals surface area (Å²) < 4.78 is 0. The Hall–Kier alpha value is -1.68. The summed E-state index contributed by atoms with van der Waals surface area (Å²) in [7, 11) is 0. The third-order valence-corrected chi connectivity index (χ3v) is 3.97. The van der Waals surface area contributed by atoms with E-state index in [-0.39, 0.29) is 23.8 Å². The third-order valence-electron chi connectivity index (χ3n) is 3.97. The second-order valence-corrected chi connectivity index (χ2v) is 5.22. The first-order valence-electron chi connectivity index (χ1n) is 6.23. The van der Waals surface area contributed by atoms with Gasteiger partial charge in [0, 0.05) is 13.2 Å². The van der Waals surface area contributed by atoms with Crippen molar-refractivity contribution in [2.24, 2.45) is 5.41 Å². The van der Waals surface area contributed by atoms with Crippen molar-refractivity contribution in [3.8, 4) is 0 Å². The van der Waals surface area contributed by atoms with Crippen molar-refractivity contribution in [3.05, 3.63) is 35.4 Å². The van der Waals surface area contributed by atoms with Crippen LogP contribution in [0.25, 0.3) is 0 Å². The molecule has 1 heterocycles. The van der Waals surface area contributed by atoms with E-state index in [0.29, 0.717) is 24.1 Å². The first kappa shape index (κ1) is 11.4. The quantitative estimate of drug-likeness (QED) is 0.817. The molecule has 2 aliphatic rings. The summed E-state index contributed by atoms with van der Waals surface area (Å²) in [6.45, 7) is 0.559. The predicted molar refractivity (Wildman–Crippen MR) is 65.2 cm³/mol. The minimum Gasteiger partial charge on any atom is -0.396 e. The highest BCUT2D eigenvalue weighted by Gasteiger charge is 2.47. The zero-order valence-corrected chi connectivity index (χ0v) is 10.1. The molecule has 4 nitrogen and oxygen atoms in total. The highest BCUT2D eigenvalue weighted by Crippen LogP contribution is 2.49. The molecule has 1 aliphatic heterocycles. The second kappa shape index (κ2) is 3.92. The molecule has 0 aromatic heterocycles. The molecule has 0 radical (unpaired) electrons. The monoisotopic (exact) mass is 245 g/mol. The second-order valence-electron chi connectivity index (χ2n) is 5.22. The molecule has 4 heteroatoms. The maximum Gasteiger partial charge on any atom is 0.261 e. The fourth-order valence-corrected chi connectivity index (χ4v) is 2.62. The van der Waals surface area contributed by atoms with Crippen molar-refractivity contribution in [2.45, 2.75) is 19.3 Å². The number of aliphatic hydroxyl groups excluding tert-OH is 1. The Morgan fingerprint density at radius 2 is 1.67 bits per heavy atom. The Bertz CT molecular complexity index is 485. The van der Waals surface area contributed by atoms with Gasteiger partial charge in [0.15, 0.2) is 0 Å². The van der Waals surface area contributed by atoms with E-state index in [4.69, 9.17) is 5.11 Å². The Balaban J connectivity index is 1.84. The lowest BCUT2D eigenvalue weighted by molar-refractivity contribution is 0.0608. The van der Waals surface area contributed by atoms with Crippen LogP contribution in [0.2, 0.25) is 0 Å². The molecule has 1 aromatic carbocycles. The Labute approximate surface area is 105 Å². The predicted octanol–water partition coefficient (Wildman–Crippen LogP) is 1.45. The molecule has 1 aliphatic carbocycles. The number of fused-ring (bicyclic) bond motifs is 1. The van der Waals surface area contributed by atoms with Gasteiger partial charge in [-0.3, -0.25) is 14.5 Å². The number of rotatable bonds is 4. The number of nitrogens with zero attached hydrogens (tertiary/aromatic N) is 1. The van der Waals surface area contributed by atoms with Gasteiger partial charge in [0.1, 0.15) is 0 Å². The summed E-state index contributed by atoms with van der Waals surface area (Å²) in [5, 5.41) is 9.03. The summed E-state index contributed by atoms with van der Waals surface area (Å²) >= 11 is 0. The van der Waals surface area contributed by atoms with E-state index >= 15 is 0 Å². The maximum absolute atomic E-state index is 12.2. The average molecular weight is 245 g/mol. The minimum absolute atomic E-state index is 0.0257. The van der Waals surface area contributed by atoms with Crippen LogP contribution in [0.1, 0.15) is 40.0 Å². The van der Waals surface area contributed by atoms with Crippen molar-refractivity contribution in [2.75, 3.05) is 13.2 Å². The van der Waals surface area contributed by atoms with Gasteiger partial charge in [0.25, 0.3) is 11.8 Å². The SMILES string of the molecule is O=C1c2ccccc2C(=O)N1CC1(CCO)CC1. The first-order valence-corrected chi connectivity index (χ1v) is 6.23. The third kappa shape index (κ3) is 1.64. The van der Waals surface area contributed by atoms with Crippen LogP contribution in [0.15, 0.2) is 24.3 Å². The molecule has 0 saturated heterocycles. The van der Waals surface area contributed by atoms with Crippen LogP contribution >= 0.6 is 0 Å². The summed E-state index contributed by atoms with van der Waals surface area (Å²) in [6.07, 6.45) is 2.64. The van der Waals surface area contributed by atoms with Crippen LogP contribution in [-0.2, 0) is 0 Å². The molecule has 94 valence electrons. The zero-order valence-electron chi connectivity index (χ0n) is 10.1. The molecule has 1 saturated carbocycles. The number of hydrogen-bond donors (Lipinski definition) is 1. The van der Waals surface area contributed by atoms with Gasteiger partial charge in [0.05, 0.1) is 11.1 Å². The summed E-state index contributed by atoms with van der Waals surface area (Å²) in [5.41, 5.74) is 0.979. The summed E-state index contributed by atoms with van der Waals surface area (Å²) in [4.78, 5) is 25.7. The lowest BCUT2D eigenvalue weighted by Crippen LogP contribution is -2.35. The highest BCUT2D eigenvalue weighted by atomic mass is 16.3. The number of amides is 2. The van der Waals surface area contributed by atoms with E-state index in [1.165, 1.54) is 4.90 Å². The number of carbonyl (C=O) groups is 2. The van der Waals surface area contributed by atoms with E-state index in [9.17, 15) is 9.59 Å². The number of carbonyl (C=O) groups excluding carboxylic acids is 2. The molecule has 2 amide bonds. The lowest BCUT2D eigenvalue weighted by Gasteiger charge is -2.21. The normalized spacial score (nSPS) is 20.2. The fourth-order valence-electron chi connectivity index (χ4n) is 2.62. The van der Waals surface area contributed by atoms with Crippen LogP contribution in [0.3, 0.4) is 0 Å². The maximum atomic E-state index is 12.2. The van der Waals surface area contributed by atoms with Gasteiger partial charge in [-0.05, 0) is 36.8 Å². The van der Waals surface area contributed by atoms with Gasteiger partial charge in [-0.2, -0.15) is 0 Å². The van der Waals surface area contributed by atoms with Gasteiger partial charge in [-0.15, -0.1) is 0 Å². The largest absolute Gasteiger partial charge is 0.396 e. The van der Waals surface area contributed by atoms with Crippen LogP contribution < -0.4 is 0 Å². The van der Waals surface area contributed by atoms with Crippen LogP contribution in [0.5, 0.6) is 0 Å². The van der Waals surface area contributed by atoms with Gasteiger partial charge < -0.3 is 5.11 Å². The Morgan fingerprint density at radius 1 is 1.11 bits per heavy atom. The standard InChI is InChI=1S/C14H15NO3/c16-8-7-14(5-6-14)9-15-12(17)10-3-1-2-4-11(10)13(15)18/h1-4,16H,5-9H2. The van der Waals surface area contributed by atoms with E-state index in [1.807, 2.05) is 0 Å². The number of hydrogen-bond acceptors (Lipinski definition) is 3. The van der Waals surface area contributed by atoms with Crippen molar-refractivity contribution >= 4 is 11.8 Å². The molecule has 0 bridgehead atoms. The molecular formula is C14H15NO3. The van der Waals surface area contributed by atoms with Crippen molar-refractivity contribution < 1.29 is 14.7 Å². The van der Waals surface area contributed by atoms with Crippen molar-refractivity contribution in [3.63, 3.8) is 0 Å². The molecule has 1 aromatic rings. The summed E-state index contributed by atoms with van der Waals surface area (Å²) in [6, 6.07) is 6.94. The molecule has 3 rings (SSSR count).